The minimum absolute atomic E-state index is 0.100. The highest BCUT2D eigenvalue weighted by Gasteiger charge is 2.32. The van der Waals surface area contributed by atoms with E-state index in [0.29, 0.717) is 5.75 Å². The Kier molecular flexibility index (Phi) is 3.28. The summed E-state index contributed by atoms with van der Waals surface area (Å²) in [5.41, 5.74) is 5.86. The highest BCUT2D eigenvalue weighted by atomic mass is 19.1. The molecule has 19 heavy (non-hydrogen) atoms. The molecule has 0 bridgehead atoms. The monoisotopic (exact) mass is 267 g/mol. The van der Waals surface area contributed by atoms with Gasteiger partial charge in [-0.3, -0.25) is 14.9 Å². The molecule has 1 atom stereocenters. The fourth-order valence-corrected chi connectivity index (χ4v) is 1.96. The van der Waals surface area contributed by atoms with Crippen LogP contribution in [-0.4, -0.2) is 31.5 Å². The number of halogens is 1. The lowest BCUT2D eigenvalue weighted by Gasteiger charge is -2.33. The Morgan fingerprint density at radius 1 is 1.47 bits per heavy atom. The number of amides is 2. The van der Waals surface area contributed by atoms with Crippen LogP contribution in [0.3, 0.4) is 0 Å². The molecule has 1 aliphatic rings. The third-order valence-electron chi connectivity index (χ3n) is 3.03. The van der Waals surface area contributed by atoms with Crippen LogP contribution in [0.5, 0.6) is 5.75 Å². The van der Waals surface area contributed by atoms with Crippen LogP contribution < -0.4 is 20.7 Å². The summed E-state index contributed by atoms with van der Waals surface area (Å²) in [7, 11) is 1.41. The maximum Gasteiger partial charge on any atom is 0.249 e. The maximum absolute atomic E-state index is 14.0. The van der Waals surface area contributed by atoms with Gasteiger partial charge in [0.05, 0.1) is 25.0 Å². The van der Waals surface area contributed by atoms with Crippen molar-refractivity contribution in [1.82, 2.24) is 5.32 Å². The summed E-state index contributed by atoms with van der Waals surface area (Å²) in [6.45, 7) is 1.49. The Morgan fingerprint density at radius 3 is 2.79 bits per heavy atom. The van der Waals surface area contributed by atoms with Crippen LogP contribution >= 0.6 is 0 Å². The molecule has 1 saturated heterocycles. The smallest absolute Gasteiger partial charge is 0.249 e. The van der Waals surface area contributed by atoms with Gasteiger partial charge in [0.1, 0.15) is 17.6 Å². The average molecular weight is 267 g/mol. The second kappa shape index (κ2) is 4.75. The number of imide groups is 1. The summed E-state index contributed by atoms with van der Waals surface area (Å²) in [6.07, 6.45) is 0. The Balaban J connectivity index is 2.45. The average Bonchev–Trinajstić information content (AvgIpc) is 2.34. The number of piperazine rings is 1. The number of rotatable bonds is 2. The molecule has 1 aliphatic heterocycles. The van der Waals surface area contributed by atoms with E-state index >= 15 is 0 Å². The minimum atomic E-state index is -0.652. The highest BCUT2D eigenvalue weighted by Crippen LogP contribution is 2.32. The van der Waals surface area contributed by atoms with Crippen LogP contribution in [0.15, 0.2) is 12.1 Å². The summed E-state index contributed by atoms with van der Waals surface area (Å²) in [6, 6.07) is 1.84. The number of benzene rings is 1. The van der Waals surface area contributed by atoms with Crippen LogP contribution in [0.4, 0.5) is 15.8 Å². The van der Waals surface area contributed by atoms with Crippen molar-refractivity contribution in [3.8, 4) is 5.75 Å². The van der Waals surface area contributed by atoms with Gasteiger partial charge < -0.3 is 15.4 Å². The van der Waals surface area contributed by atoms with E-state index in [1.807, 2.05) is 0 Å². The number of carbonyl (C=O) groups excluding carboxylic acids is 2. The number of nitrogens with two attached hydrogens (primary N) is 1. The van der Waals surface area contributed by atoms with Crippen LogP contribution in [0, 0.1) is 5.82 Å². The van der Waals surface area contributed by atoms with Crippen molar-refractivity contribution in [3.05, 3.63) is 17.9 Å². The Morgan fingerprint density at radius 2 is 2.16 bits per heavy atom. The van der Waals surface area contributed by atoms with Gasteiger partial charge in [0.2, 0.25) is 11.8 Å². The molecule has 1 heterocycles. The van der Waals surface area contributed by atoms with Crippen LogP contribution in [-0.2, 0) is 9.59 Å². The lowest BCUT2D eigenvalue weighted by atomic mass is 10.1. The SMILES string of the molecule is COc1cc(N2CC(=O)NC(=O)C2C)c(F)cc1N. The Hall–Kier alpha value is -2.31. The summed E-state index contributed by atoms with van der Waals surface area (Å²) in [5.74, 6) is -1.25. The molecule has 1 aromatic carbocycles. The van der Waals surface area contributed by atoms with E-state index in [0.717, 1.165) is 6.07 Å². The first-order valence-electron chi connectivity index (χ1n) is 5.67. The van der Waals surface area contributed by atoms with Crippen molar-refractivity contribution in [2.75, 3.05) is 24.3 Å². The van der Waals surface area contributed by atoms with Crippen LogP contribution in [0.25, 0.3) is 0 Å². The van der Waals surface area contributed by atoms with Crippen molar-refractivity contribution in [3.63, 3.8) is 0 Å². The number of methoxy groups -OCH3 is 1. The van der Waals surface area contributed by atoms with Gasteiger partial charge in [-0.2, -0.15) is 0 Å². The number of nitrogens with zero attached hydrogens (tertiary/aromatic N) is 1. The second-order valence-corrected chi connectivity index (χ2v) is 4.26. The molecule has 1 unspecified atom stereocenters. The van der Waals surface area contributed by atoms with E-state index in [2.05, 4.69) is 5.32 Å². The highest BCUT2D eigenvalue weighted by molar-refractivity contribution is 6.04. The van der Waals surface area contributed by atoms with E-state index in [9.17, 15) is 14.0 Å². The topological polar surface area (TPSA) is 84.7 Å². The first kappa shape index (κ1) is 13.1. The zero-order valence-electron chi connectivity index (χ0n) is 10.6. The van der Waals surface area contributed by atoms with E-state index in [4.69, 9.17) is 10.5 Å². The minimum Gasteiger partial charge on any atom is -0.495 e. The normalized spacial score (nSPS) is 19.3. The number of carbonyl (C=O) groups is 2. The molecule has 3 N–H and O–H groups in total. The fourth-order valence-electron chi connectivity index (χ4n) is 1.96. The lowest BCUT2D eigenvalue weighted by molar-refractivity contribution is -0.132. The van der Waals surface area contributed by atoms with Gasteiger partial charge >= 0.3 is 0 Å². The molecule has 0 saturated carbocycles. The van der Waals surface area contributed by atoms with Crippen molar-refractivity contribution in [2.45, 2.75) is 13.0 Å². The molecule has 2 rings (SSSR count). The Bertz CT molecular complexity index is 547. The zero-order valence-corrected chi connectivity index (χ0v) is 10.6. The van der Waals surface area contributed by atoms with Gasteiger partial charge in [-0.1, -0.05) is 0 Å². The van der Waals surface area contributed by atoms with E-state index < -0.39 is 23.7 Å². The summed E-state index contributed by atoms with van der Waals surface area (Å²) in [5, 5.41) is 2.19. The first-order chi connectivity index (χ1) is 8.93. The maximum atomic E-state index is 14.0. The lowest BCUT2D eigenvalue weighted by Crippen LogP contribution is -2.57. The fraction of sp³-hybridized carbons (Fsp3) is 0.333. The molecule has 1 fully saturated rings. The van der Waals surface area contributed by atoms with Crippen molar-refractivity contribution in [1.29, 1.82) is 0 Å². The van der Waals surface area contributed by atoms with Gasteiger partial charge in [0.25, 0.3) is 0 Å². The van der Waals surface area contributed by atoms with Gasteiger partial charge in [0, 0.05) is 12.1 Å². The van der Waals surface area contributed by atoms with Gasteiger partial charge in [0.15, 0.2) is 0 Å². The summed E-state index contributed by atoms with van der Waals surface area (Å²) < 4.78 is 19.0. The van der Waals surface area contributed by atoms with Crippen molar-refractivity contribution < 1.29 is 18.7 Å². The largest absolute Gasteiger partial charge is 0.495 e. The van der Waals surface area contributed by atoms with E-state index in [1.54, 1.807) is 6.92 Å². The number of nitrogen functional groups attached to an aromatic ring is 1. The predicted octanol–water partition coefficient (Wildman–Crippen LogP) is 0.268. The molecule has 6 nitrogen and oxygen atoms in total. The number of hydrogen-bond donors (Lipinski definition) is 2. The first-order valence-corrected chi connectivity index (χ1v) is 5.67. The van der Waals surface area contributed by atoms with Crippen molar-refractivity contribution in [2.24, 2.45) is 0 Å². The molecule has 0 aliphatic carbocycles. The number of anilines is 2. The number of ether oxygens (including phenoxy) is 1. The molecular formula is C12H14FN3O3. The summed E-state index contributed by atoms with van der Waals surface area (Å²) in [4.78, 5) is 24.3. The molecule has 2 amide bonds. The number of hydrogen-bond acceptors (Lipinski definition) is 5. The van der Waals surface area contributed by atoms with Gasteiger partial charge in [-0.15, -0.1) is 0 Å². The third kappa shape index (κ3) is 2.31. The Labute approximate surface area is 109 Å². The molecule has 0 spiro atoms. The zero-order chi connectivity index (χ0) is 14.2. The third-order valence-corrected chi connectivity index (χ3v) is 3.03. The second-order valence-electron chi connectivity index (χ2n) is 4.26. The van der Waals surface area contributed by atoms with Crippen molar-refractivity contribution >= 4 is 23.2 Å². The van der Waals surface area contributed by atoms with Gasteiger partial charge in [-0.05, 0) is 6.92 Å². The summed E-state index contributed by atoms with van der Waals surface area (Å²) >= 11 is 0. The predicted molar refractivity (Wildman–Crippen MR) is 67.3 cm³/mol. The molecule has 0 aromatic heterocycles. The quantitative estimate of drug-likeness (QED) is 0.593. The van der Waals surface area contributed by atoms with Gasteiger partial charge in [-0.25, -0.2) is 4.39 Å². The van der Waals surface area contributed by atoms with Crippen LogP contribution in [0.1, 0.15) is 6.92 Å². The molecule has 102 valence electrons. The molecular weight excluding hydrogens is 253 g/mol. The van der Waals surface area contributed by atoms with Crippen LogP contribution in [0.2, 0.25) is 0 Å². The van der Waals surface area contributed by atoms with E-state index in [1.165, 1.54) is 18.1 Å². The van der Waals surface area contributed by atoms with E-state index in [-0.39, 0.29) is 17.9 Å². The number of nitrogens with one attached hydrogen (secondary N) is 1. The molecule has 7 heteroatoms. The molecule has 0 radical (unpaired) electrons. The molecule has 1 aromatic rings. The standard InChI is InChI=1S/C12H14FN3O3/c1-6-12(18)15-11(17)5-16(6)9-4-10(19-2)8(14)3-7(9)13/h3-4,6H,5,14H2,1-2H3,(H,15,17,18).